The number of guanidine groups is 1. The molecule has 0 aromatic carbocycles. The predicted octanol–water partition coefficient (Wildman–Crippen LogP) is 1.19. The molecule has 0 saturated carbocycles. The number of piperazine rings is 1. The molecule has 1 atom stereocenters. The van der Waals surface area contributed by atoms with Crippen LogP contribution >= 0.6 is 15.9 Å². The van der Waals surface area contributed by atoms with Crippen molar-refractivity contribution >= 4 is 28.1 Å². The Morgan fingerprint density at radius 2 is 2.24 bits per heavy atom. The highest BCUT2D eigenvalue weighted by molar-refractivity contribution is 9.11. The second-order valence-corrected chi connectivity index (χ2v) is 4.99. The maximum atomic E-state index is 4.50. The Bertz CT molecular complexity index is 357. The van der Waals surface area contributed by atoms with Crippen molar-refractivity contribution in [3.05, 3.63) is 10.7 Å². The van der Waals surface area contributed by atoms with E-state index in [0.29, 0.717) is 0 Å². The molecule has 0 aromatic heterocycles. The molecule has 0 spiro atoms. The van der Waals surface area contributed by atoms with Gasteiger partial charge in [-0.2, -0.15) is 5.10 Å². The number of aliphatic imine (C=N–C) groups is 1. The van der Waals surface area contributed by atoms with Crippen LogP contribution in [0.25, 0.3) is 0 Å². The maximum Gasteiger partial charge on any atom is 0.222 e. The Hall–Kier alpha value is -0.880. The summed E-state index contributed by atoms with van der Waals surface area (Å²) in [6.45, 7) is 8.00. The summed E-state index contributed by atoms with van der Waals surface area (Å²) < 4.78 is 1.06. The third kappa shape index (κ3) is 2.69. The zero-order valence-electron chi connectivity index (χ0n) is 10.2. The summed E-state index contributed by atoms with van der Waals surface area (Å²) in [4.78, 5) is 6.78. The molecule has 0 amide bonds. The molecule has 2 rings (SSSR count). The molecule has 1 unspecified atom stereocenters. The average molecular weight is 300 g/mol. The highest BCUT2D eigenvalue weighted by atomic mass is 79.9. The first-order valence-corrected chi connectivity index (χ1v) is 6.70. The molecular formula is C11H18BrN5. The average Bonchev–Trinajstić information content (AvgIpc) is 2.36. The lowest BCUT2D eigenvalue weighted by molar-refractivity contribution is 0.276. The molecule has 1 N–H and O–H groups in total. The molecule has 5 nitrogen and oxygen atoms in total. The van der Waals surface area contributed by atoms with E-state index in [9.17, 15) is 0 Å². The number of halogens is 1. The smallest absolute Gasteiger partial charge is 0.222 e. The van der Waals surface area contributed by atoms with Crippen molar-refractivity contribution in [2.75, 3.05) is 26.2 Å². The van der Waals surface area contributed by atoms with Gasteiger partial charge in [-0.1, -0.05) is 15.9 Å². The SMILES string of the molecule is C/C=N\N1C(N2CCNCC2)=NC=C(Br)C1C. The van der Waals surface area contributed by atoms with E-state index in [0.717, 1.165) is 36.6 Å². The maximum absolute atomic E-state index is 4.50. The minimum absolute atomic E-state index is 0.202. The number of rotatable bonds is 1. The zero-order valence-corrected chi connectivity index (χ0v) is 11.8. The van der Waals surface area contributed by atoms with Gasteiger partial charge in [0.15, 0.2) is 0 Å². The summed E-state index contributed by atoms with van der Waals surface area (Å²) in [5.74, 6) is 0.945. The van der Waals surface area contributed by atoms with Crippen LogP contribution in [0.2, 0.25) is 0 Å². The van der Waals surface area contributed by atoms with Gasteiger partial charge in [0.05, 0.1) is 6.04 Å². The van der Waals surface area contributed by atoms with Crippen LogP contribution < -0.4 is 5.32 Å². The first-order chi connectivity index (χ1) is 8.24. The van der Waals surface area contributed by atoms with Crippen molar-refractivity contribution in [3.63, 3.8) is 0 Å². The van der Waals surface area contributed by atoms with Gasteiger partial charge in [0, 0.05) is 43.1 Å². The quantitative estimate of drug-likeness (QED) is 0.740. The molecule has 2 aliphatic rings. The third-order valence-electron chi connectivity index (χ3n) is 2.91. The van der Waals surface area contributed by atoms with Crippen molar-refractivity contribution in [3.8, 4) is 0 Å². The first-order valence-electron chi connectivity index (χ1n) is 5.91. The summed E-state index contributed by atoms with van der Waals surface area (Å²) in [5.41, 5.74) is 0. The number of nitrogens with zero attached hydrogens (tertiary/aromatic N) is 4. The Morgan fingerprint density at radius 3 is 2.88 bits per heavy atom. The second-order valence-electron chi connectivity index (χ2n) is 4.07. The largest absolute Gasteiger partial charge is 0.339 e. The van der Waals surface area contributed by atoms with Crippen LogP contribution in [0.1, 0.15) is 13.8 Å². The summed E-state index contributed by atoms with van der Waals surface area (Å²) in [6, 6.07) is 0.202. The summed E-state index contributed by atoms with van der Waals surface area (Å²) >= 11 is 3.52. The summed E-state index contributed by atoms with van der Waals surface area (Å²) in [7, 11) is 0. The van der Waals surface area contributed by atoms with Gasteiger partial charge in [-0.3, -0.25) is 0 Å². The van der Waals surface area contributed by atoms with Crippen LogP contribution in [0.4, 0.5) is 0 Å². The van der Waals surface area contributed by atoms with E-state index in [4.69, 9.17) is 0 Å². The van der Waals surface area contributed by atoms with Gasteiger partial charge in [0.25, 0.3) is 0 Å². The van der Waals surface area contributed by atoms with E-state index in [1.165, 1.54) is 0 Å². The van der Waals surface area contributed by atoms with Crippen molar-refractivity contribution in [1.29, 1.82) is 0 Å². The van der Waals surface area contributed by atoms with Gasteiger partial charge in [-0.25, -0.2) is 10.0 Å². The van der Waals surface area contributed by atoms with Gasteiger partial charge in [0.1, 0.15) is 0 Å². The Labute approximate surface area is 110 Å². The fraction of sp³-hybridized carbons (Fsp3) is 0.636. The minimum Gasteiger partial charge on any atom is -0.339 e. The van der Waals surface area contributed by atoms with Crippen molar-refractivity contribution in [2.45, 2.75) is 19.9 Å². The lowest BCUT2D eigenvalue weighted by atomic mass is 10.3. The fourth-order valence-electron chi connectivity index (χ4n) is 1.94. The lowest BCUT2D eigenvalue weighted by Gasteiger charge is -2.38. The molecule has 6 heteroatoms. The predicted molar refractivity (Wildman–Crippen MR) is 74.4 cm³/mol. The molecule has 1 fully saturated rings. The molecule has 1 saturated heterocycles. The van der Waals surface area contributed by atoms with Gasteiger partial charge in [0.2, 0.25) is 5.96 Å². The van der Waals surface area contributed by atoms with E-state index in [1.807, 2.05) is 18.1 Å². The van der Waals surface area contributed by atoms with E-state index < -0.39 is 0 Å². The molecule has 17 heavy (non-hydrogen) atoms. The minimum atomic E-state index is 0.202. The van der Waals surface area contributed by atoms with Crippen LogP contribution in [0.15, 0.2) is 20.8 Å². The molecule has 0 aromatic rings. The number of hydrogen-bond acceptors (Lipinski definition) is 5. The third-order valence-corrected chi connectivity index (χ3v) is 3.78. The van der Waals surface area contributed by atoms with Crippen molar-refractivity contribution < 1.29 is 0 Å². The van der Waals surface area contributed by atoms with Gasteiger partial charge >= 0.3 is 0 Å². The molecular weight excluding hydrogens is 282 g/mol. The molecule has 2 aliphatic heterocycles. The lowest BCUT2D eigenvalue weighted by Crippen LogP contribution is -2.53. The standard InChI is InChI=1S/C11H18BrN5/c1-3-15-17-9(2)10(12)8-14-11(17)16-6-4-13-5-7-16/h3,8-9,13H,4-7H2,1-2H3/b15-3-. The Balaban J connectivity index is 2.22. The Kier molecular flexibility index (Phi) is 4.17. The molecule has 0 bridgehead atoms. The molecule has 94 valence electrons. The van der Waals surface area contributed by atoms with Crippen LogP contribution in [0.3, 0.4) is 0 Å². The van der Waals surface area contributed by atoms with Crippen LogP contribution in [-0.2, 0) is 0 Å². The number of nitrogens with one attached hydrogen (secondary N) is 1. The Morgan fingerprint density at radius 1 is 1.53 bits per heavy atom. The monoisotopic (exact) mass is 299 g/mol. The first kappa shape index (κ1) is 12.6. The van der Waals surface area contributed by atoms with E-state index in [-0.39, 0.29) is 6.04 Å². The topological polar surface area (TPSA) is 43.2 Å². The molecule has 2 heterocycles. The second kappa shape index (κ2) is 5.64. The van der Waals surface area contributed by atoms with Gasteiger partial charge < -0.3 is 10.2 Å². The number of hydrogen-bond donors (Lipinski definition) is 1. The van der Waals surface area contributed by atoms with Crippen LogP contribution in [0.5, 0.6) is 0 Å². The van der Waals surface area contributed by atoms with Gasteiger partial charge in [-0.05, 0) is 13.8 Å². The molecule has 0 aliphatic carbocycles. The van der Waals surface area contributed by atoms with Crippen molar-refractivity contribution in [2.24, 2.45) is 10.1 Å². The highest BCUT2D eigenvalue weighted by Gasteiger charge is 2.27. The van der Waals surface area contributed by atoms with E-state index >= 15 is 0 Å². The number of hydrazone groups is 1. The summed E-state index contributed by atoms with van der Waals surface area (Å²) in [5, 5.41) is 9.73. The highest BCUT2D eigenvalue weighted by Crippen LogP contribution is 2.23. The fourth-order valence-corrected chi connectivity index (χ4v) is 2.24. The molecule has 0 radical (unpaired) electrons. The van der Waals surface area contributed by atoms with Crippen molar-refractivity contribution in [1.82, 2.24) is 15.2 Å². The van der Waals surface area contributed by atoms with E-state index in [1.54, 1.807) is 6.21 Å². The summed E-state index contributed by atoms with van der Waals surface area (Å²) in [6.07, 6.45) is 3.68. The normalized spacial score (nSPS) is 26.2. The zero-order chi connectivity index (χ0) is 12.3. The van der Waals surface area contributed by atoms with Crippen LogP contribution in [0, 0.1) is 0 Å². The van der Waals surface area contributed by atoms with Gasteiger partial charge in [-0.15, -0.1) is 0 Å². The van der Waals surface area contributed by atoms with Crippen LogP contribution in [-0.4, -0.2) is 54.3 Å². The van der Waals surface area contributed by atoms with E-state index in [2.05, 4.69) is 43.2 Å².